The molecule has 4 heteroatoms. The second-order valence-corrected chi connectivity index (χ2v) is 5.44. The van der Waals surface area contributed by atoms with Gasteiger partial charge in [0.2, 0.25) is 0 Å². The topological polar surface area (TPSA) is 44.1 Å². The van der Waals surface area contributed by atoms with Crippen LogP contribution in [-0.4, -0.2) is 21.7 Å². The van der Waals surface area contributed by atoms with E-state index in [-0.39, 0.29) is 11.9 Å². The van der Waals surface area contributed by atoms with E-state index in [2.05, 4.69) is 18.9 Å². The Morgan fingerprint density at radius 3 is 2.90 bits per heavy atom. The van der Waals surface area contributed by atoms with E-state index in [0.29, 0.717) is 18.9 Å². The molecular formula is C16H18N2O2. The van der Waals surface area contributed by atoms with E-state index in [9.17, 15) is 4.79 Å². The second-order valence-electron chi connectivity index (χ2n) is 5.44. The van der Waals surface area contributed by atoms with Gasteiger partial charge in [-0.2, -0.15) is 5.10 Å². The minimum atomic E-state index is -0.364. The highest BCUT2D eigenvalue weighted by molar-refractivity contribution is 5.86. The number of aromatic nitrogens is 2. The summed E-state index contributed by atoms with van der Waals surface area (Å²) in [5.41, 5.74) is 1.92. The zero-order valence-electron chi connectivity index (χ0n) is 11.7. The molecule has 0 saturated heterocycles. The van der Waals surface area contributed by atoms with Crippen molar-refractivity contribution in [2.75, 3.05) is 0 Å². The number of carbonyl (C=O) groups is 1. The van der Waals surface area contributed by atoms with Gasteiger partial charge in [-0.3, -0.25) is 9.48 Å². The van der Waals surface area contributed by atoms with Gasteiger partial charge in [0.25, 0.3) is 0 Å². The van der Waals surface area contributed by atoms with Crippen LogP contribution in [0.25, 0.3) is 0 Å². The maximum absolute atomic E-state index is 12.3. The number of fused-ring (bicyclic) bond motifs is 1. The molecule has 0 amide bonds. The molecule has 1 aliphatic heterocycles. The molecule has 4 nitrogen and oxygen atoms in total. The molecule has 20 heavy (non-hydrogen) atoms. The van der Waals surface area contributed by atoms with Gasteiger partial charge in [0.05, 0.1) is 12.1 Å². The van der Waals surface area contributed by atoms with Crippen LogP contribution in [0.1, 0.15) is 31.1 Å². The molecule has 0 saturated carbocycles. The lowest BCUT2D eigenvalue weighted by Gasteiger charge is -2.08. The van der Waals surface area contributed by atoms with Crippen LogP contribution in [0.3, 0.4) is 0 Å². The minimum Gasteiger partial charge on any atom is -0.482 e. The Bertz CT molecular complexity index is 606. The number of nitrogens with zero attached hydrogens (tertiary/aromatic N) is 2. The fraction of sp³-hybridized carbons (Fsp3) is 0.375. The molecule has 2 aromatic rings. The predicted molar refractivity (Wildman–Crippen MR) is 75.9 cm³/mol. The molecular weight excluding hydrogens is 252 g/mol. The zero-order chi connectivity index (χ0) is 14.1. The van der Waals surface area contributed by atoms with Crippen molar-refractivity contribution in [2.24, 2.45) is 0 Å². The number of rotatable bonds is 4. The van der Waals surface area contributed by atoms with Crippen molar-refractivity contribution in [1.82, 2.24) is 9.78 Å². The smallest absolute Gasteiger partial charge is 0.179 e. The average Bonchev–Trinajstić information content (AvgIpc) is 3.04. The van der Waals surface area contributed by atoms with E-state index in [4.69, 9.17) is 4.74 Å². The minimum absolute atomic E-state index is 0.0928. The highest BCUT2D eigenvalue weighted by Crippen LogP contribution is 2.28. The summed E-state index contributed by atoms with van der Waals surface area (Å²) in [5, 5.41) is 4.41. The SMILES string of the molecule is CC(C)n1ccc(CC(=O)C2Cc3ccccc3O2)n1. The third kappa shape index (κ3) is 2.46. The fourth-order valence-electron chi connectivity index (χ4n) is 2.41. The molecule has 0 radical (unpaired) electrons. The summed E-state index contributed by atoms with van der Waals surface area (Å²) in [4.78, 5) is 12.3. The van der Waals surface area contributed by atoms with Crippen LogP contribution in [0, 0.1) is 0 Å². The lowest BCUT2D eigenvalue weighted by molar-refractivity contribution is -0.124. The Morgan fingerprint density at radius 2 is 2.20 bits per heavy atom. The van der Waals surface area contributed by atoms with E-state index in [1.54, 1.807) is 0 Å². The first-order chi connectivity index (χ1) is 9.63. The molecule has 104 valence electrons. The molecule has 0 spiro atoms. The normalized spacial score (nSPS) is 17.1. The second kappa shape index (κ2) is 5.12. The molecule has 1 aromatic heterocycles. The highest BCUT2D eigenvalue weighted by Gasteiger charge is 2.28. The van der Waals surface area contributed by atoms with Crippen LogP contribution in [-0.2, 0) is 17.6 Å². The maximum atomic E-state index is 12.3. The van der Waals surface area contributed by atoms with Gasteiger partial charge in [-0.25, -0.2) is 0 Å². The molecule has 3 rings (SSSR count). The Kier molecular flexibility index (Phi) is 3.30. The van der Waals surface area contributed by atoms with Crippen LogP contribution in [0.15, 0.2) is 36.5 Å². The number of benzene rings is 1. The van der Waals surface area contributed by atoms with Gasteiger partial charge in [-0.1, -0.05) is 18.2 Å². The predicted octanol–water partition coefficient (Wildman–Crippen LogP) is 2.58. The van der Waals surface area contributed by atoms with Crippen molar-refractivity contribution in [3.63, 3.8) is 0 Å². The first-order valence-electron chi connectivity index (χ1n) is 6.95. The van der Waals surface area contributed by atoms with Gasteiger partial charge in [-0.15, -0.1) is 0 Å². The Morgan fingerprint density at radius 1 is 1.40 bits per heavy atom. The monoisotopic (exact) mass is 270 g/mol. The first kappa shape index (κ1) is 12.9. The van der Waals surface area contributed by atoms with E-state index in [1.165, 1.54) is 0 Å². The molecule has 0 N–H and O–H groups in total. The van der Waals surface area contributed by atoms with E-state index >= 15 is 0 Å². The van der Waals surface area contributed by atoms with Gasteiger partial charge in [0, 0.05) is 18.7 Å². The van der Waals surface area contributed by atoms with Crippen molar-refractivity contribution in [2.45, 2.75) is 38.8 Å². The Hall–Kier alpha value is -2.10. The standard InChI is InChI=1S/C16H18N2O2/c1-11(2)18-8-7-13(17-18)10-14(19)16-9-12-5-3-4-6-15(12)20-16/h3-8,11,16H,9-10H2,1-2H3. The van der Waals surface area contributed by atoms with E-state index < -0.39 is 0 Å². The maximum Gasteiger partial charge on any atom is 0.179 e. The van der Waals surface area contributed by atoms with Gasteiger partial charge < -0.3 is 4.74 Å². The summed E-state index contributed by atoms with van der Waals surface area (Å²) in [6, 6.07) is 10.0. The van der Waals surface area contributed by atoms with E-state index in [1.807, 2.05) is 41.2 Å². The number of carbonyl (C=O) groups excluding carboxylic acids is 1. The number of hydrogen-bond donors (Lipinski definition) is 0. The zero-order valence-corrected chi connectivity index (χ0v) is 11.7. The Balaban J connectivity index is 1.66. The number of ether oxygens (including phenoxy) is 1. The Labute approximate surface area is 118 Å². The summed E-state index contributed by atoms with van der Waals surface area (Å²) < 4.78 is 7.58. The molecule has 0 fully saturated rings. The van der Waals surface area contributed by atoms with Crippen LogP contribution in [0.4, 0.5) is 0 Å². The molecule has 0 bridgehead atoms. The summed E-state index contributed by atoms with van der Waals surface area (Å²) in [7, 11) is 0. The van der Waals surface area contributed by atoms with Gasteiger partial charge in [-0.05, 0) is 31.5 Å². The first-order valence-corrected chi connectivity index (χ1v) is 6.95. The lowest BCUT2D eigenvalue weighted by atomic mass is 10.0. The number of ketones is 1. The summed E-state index contributed by atoms with van der Waals surface area (Å²) in [6.07, 6.45) is 2.55. The summed E-state index contributed by atoms with van der Waals surface area (Å²) >= 11 is 0. The van der Waals surface area contributed by atoms with E-state index in [0.717, 1.165) is 17.0 Å². The fourth-order valence-corrected chi connectivity index (χ4v) is 2.41. The number of hydrogen-bond acceptors (Lipinski definition) is 3. The number of Topliss-reactive ketones (excluding diaryl/α,β-unsaturated/α-hetero) is 1. The van der Waals surface area contributed by atoms with Crippen LogP contribution in [0.2, 0.25) is 0 Å². The van der Waals surface area contributed by atoms with Crippen molar-refractivity contribution >= 4 is 5.78 Å². The third-order valence-electron chi connectivity index (χ3n) is 3.55. The van der Waals surface area contributed by atoms with Crippen LogP contribution in [0.5, 0.6) is 5.75 Å². The largest absolute Gasteiger partial charge is 0.482 e. The molecule has 1 aromatic carbocycles. The third-order valence-corrected chi connectivity index (χ3v) is 3.55. The summed E-state index contributed by atoms with van der Waals surface area (Å²) in [6.45, 7) is 4.13. The van der Waals surface area contributed by atoms with Crippen molar-refractivity contribution < 1.29 is 9.53 Å². The van der Waals surface area contributed by atoms with Crippen molar-refractivity contribution in [3.8, 4) is 5.75 Å². The van der Waals surface area contributed by atoms with Crippen molar-refractivity contribution in [3.05, 3.63) is 47.8 Å². The molecule has 0 aliphatic carbocycles. The lowest BCUT2D eigenvalue weighted by Crippen LogP contribution is -2.27. The molecule has 1 unspecified atom stereocenters. The summed E-state index contributed by atoms with van der Waals surface area (Å²) in [5.74, 6) is 0.925. The van der Waals surface area contributed by atoms with Gasteiger partial charge in [0.15, 0.2) is 11.9 Å². The molecule has 2 heterocycles. The van der Waals surface area contributed by atoms with Gasteiger partial charge in [0.1, 0.15) is 5.75 Å². The average molecular weight is 270 g/mol. The number of para-hydroxylation sites is 1. The quantitative estimate of drug-likeness (QED) is 0.857. The van der Waals surface area contributed by atoms with Gasteiger partial charge >= 0.3 is 0 Å². The van der Waals surface area contributed by atoms with Crippen LogP contribution < -0.4 is 4.74 Å². The van der Waals surface area contributed by atoms with Crippen LogP contribution >= 0.6 is 0 Å². The highest BCUT2D eigenvalue weighted by atomic mass is 16.5. The molecule has 1 aliphatic rings. The molecule has 1 atom stereocenters. The van der Waals surface area contributed by atoms with Crippen molar-refractivity contribution in [1.29, 1.82) is 0 Å².